The first-order valence-corrected chi connectivity index (χ1v) is 13.7. The maximum Gasteiger partial charge on any atom is 0.299 e. The number of aromatic nitrogens is 3. The van der Waals surface area contributed by atoms with Crippen LogP contribution in [0.5, 0.6) is 17.2 Å². The Hall–Kier alpha value is -5.44. The number of ether oxygens (including phenoxy) is 2. The van der Waals surface area contributed by atoms with Gasteiger partial charge in [0.05, 0.1) is 31.2 Å². The lowest BCUT2D eigenvalue weighted by Crippen LogP contribution is -2.24. The molecule has 9 heteroatoms. The average molecular weight is 560 g/mol. The van der Waals surface area contributed by atoms with E-state index in [1.54, 1.807) is 61.8 Å². The number of nitrogens with one attached hydrogen (secondary N) is 2. The van der Waals surface area contributed by atoms with Gasteiger partial charge in [0.15, 0.2) is 11.4 Å². The molecule has 0 saturated heterocycles. The third kappa shape index (κ3) is 5.85. The third-order valence-corrected chi connectivity index (χ3v) is 7.13. The number of carbonyl (C=O) groups excluding carboxylic acids is 1. The zero-order valence-electron chi connectivity index (χ0n) is 23.0. The normalized spacial score (nSPS) is 11.9. The largest absolute Gasteiger partial charge is 0.497 e. The van der Waals surface area contributed by atoms with E-state index in [-0.39, 0.29) is 11.6 Å². The highest BCUT2D eigenvalue weighted by molar-refractivity contribution is 5.94. The quantitative estimate of drug-likeness (QED) is 0.242. The van der Waals surface area contributed by atoms with Gasteiger partial charge in [-0.05, 0) is 103 Å². The summed E-state index contributed by atoms with van der Waals surface area (Å²) in [6, 6.07) is 25.5. The van der Waals surface area contributed by atoms with Gasteiger partial charge in [-0.3, -0.25) is 14.6 Å². The molecule has 1 aliphatic carbocycles. The second-order valence-corrected chi connectivity index (χ2v) is 9.89. The highest BCUT2D eigenvalue weighted by Gasteiger charge is 2.18. The van der Waals surface area contributed by atoms with Crippen LogP contribution in [0.25, 0.3) is 5.69 Å². The SMILES string of the molecule is COc1ccc(-n2ncc(Oc3ccc4c(c3)CCC4)c(Nc3ccc(C(=O)NCc4ccccn4)cc3)c2=O)cc1. The van der Waals surface area contributed by atoms with Crippen molar-refractivity contribution in [3.05, 3.63) is 130 Å². The minimum Gasteiger partial charge on any atom is -0.497 e. The lowest BCUT2D eigenvalue weighted by atomic mass is 10.1. The Kier molecular flexibility index (Phi) is 7.63. The molecule has 0 bridgehead atoms. The predicted molar refractivity (Wildman–Crippen MR) is 160 cm³/mol. The van der Waals surface area contributed by atoms with Crippen molar-refractivity contribution in [2.45, 2.75) is 25.8 Å². The maximum absolute atomic E-state index is 13.8. The van der Waals surface area contributed by atoms with Crippen LogP contribution in [-0.4, -0.2) is 27.8 Å². The summed E-state index contributed by atoms with van der Waals surface area (Å²) in [7, 11) is 1.59. The van der Waals surface area contributed by atoms with E-state index in [1.807, 2.05) is 30.3 Å². The first-order valence-electron chi connectivity index (χ1n) is 13.7. The Bertz CT molecular complexity index is 1770. The van der Waals surface area contributed by atoms with Gasteiger partial charge in [0.25, 0.3) is 11.5 Å². The topological polar surface area (TPSA) is 107 Å². The number of fused-ring (bicyclic) bond motifs is 1. The van der Waals surface area contributed by atoms with Crippen molar-refractivity contribution in [3.8, 4) is 22.9 Å². The zero-order valence-corrected chi connectivity index (χ0v) is 23.0. The molecule has 2 heterocycles. The van der Waals surface area contributed by atoms with Gasteiger partial charge >= 0.3 is 0 Å². The Morgan fingerprint density at radius 3 is 2.48 bits per heavy atom. The van der Waals surface area contributed by atoms with E-state index in [1.165, 1.54) is 22.0 Å². The Morgan fingerprint density at radius 2 is 1.71 bits per heavy atom. The molecule has 1 amide bonds. The molecular formula is C33H29N5O4. The van der Waals surface area contributed by atoms with Crippen molar-refractivity contribution in [2.75, 3.05) is 12.4 Å². The number of anilines is 2. The average Bonchev–Trinajstić information content (AvgIpc) is 3.51. The number of carbonyl (C=O) groups is 1. The molecule has 0 atom stereocenters. The van der Waals surface area contributed by atoms with Crippen LogP contribution >= 0.6 is 0 Å². The number of pyridine rings is 1. The van der Waals surface area contributed by atoms with Crippen molar-refractivity contribution in [3.63, 3.8) is 0 Å². The number of hydrogen-bond acceptors (Lipinski definition) is 7. The molecule has 0 saturated carbocycles. The smallest absolute Gasteiger partial charge is 0.299 e. The van der Waals surface area contributed by atoms with Gasteiger partial charge in [-0.1, -0.05) is 12.1 Å². The van der Waals surface area contributed by atoms with Crippen LogP contribution in [0.4, 0.5) is 11.4 Å². The van der Waals surface area contributed by atoms with Crippen LogP contribution in [0.1, 0.15) is 33.6 Å². The summed E-state index contributed by atoms with van der Waals surface area (Å²) in [6.07, 6.45) is 6.42. The third-order valence-electron chi connectivity index (χ3n) is 7.13. The second-order valence-electron chi connectivity index (χ2n) is 9.89. The zero-order chi connectivity index (χ0) is 28.9. The van der Waals surface area contributed by atoms with E-state index in [0.717, 1.165) is 25.0 Å². The molecule has 0 radical (unpaired) electrons. The molecule has 9 nitrogen and oxygen atoms in total. The molecule has 0 fully saturated rings. The molecule has 6 rings (SSSR count). The standard InChI is InChI=1S/C33H29N5O4/c1-41-28-16-13-27(14-17-28)38-33(40)31(30(21-36-38)42-29-15-10-22-5-4-6-24(22)19-29)37-25-11-8-23(9-12-25)32(39)35-20-26-7-2-3-18-34-26/h2-3,7-19,21,37H,4-6,20H2,1H3,(H,35,39). The summed E-state index contributed by atoms with van der Waals surface area (Å²) in [5.41, 5.74) is 4.86. The number of hydrogen-bond donors (Lipinski definition) is 2. The molecule has 1 aliphatic rings. The van der Waals surface area contributed by atoms with Crippen molar-refractivity contribution in [2.24, 2.45) is 0 Å². The highest BCUT2D eigenvalue weighted by Crippen LogP contribution is 2.32. The summed E-state index contributed by atoms with van der Waals surface area (Å²) in [5, 5.41) is 10.5. The van der Waals surface area contributed by atoms with Crippen molar-refractivity contribution in [1.82, 2.24) is 20.1 Å². The second kappa shape index (κ2) is 12.0. The molecule has 210 valence electrons. The minimum absolute atomic E-state index is 0.216. The number of benzene rings is 3. The molecule has 42 heavy (non-hydrogen) atoms. The van der Waals surface area contributed by atoms with Gasteiger partial charge in [-0.2, -0.15) is 9.78 Å². The van der Waals surface area contributed by atoms with Gasteiger partial charge in [0.2, 0.25) is 0 Å². The highest BCUT2D eigenvalue weighted by atomic mass is 16.5. The molecular weight excluding hydrogens is 530 g/mol. The molecule has 0 aliphatic heterocycles. The van der Waals surface area contributed by atoms with E-state index < -0.39 is 5.56 Å². The van der Waals surface area contributed by atoms with E-state index in [4.69, 9.17) is 9.47 Å². The van der Waals surface area contributed by atoms with Crippen LogP contribution in [-0.2, 0) is 19.4 Å². The van der Waals surface area contributed by atoms with E-state index in [0.29, 0.717) is 40.7 Å². The van der Waals surface area contributed by atoms with Crippen LogP contribution in [0.15, 0.2) is 102 Å². The molecule has 5 aromatic rings. The van der Waals surface area contributed by atoms with E-state index in [2.05, 4.69) is 26.8 Å². The Morgan fingerprint density at radius 1 is 0.929 bits per heavy atom. The van der Waals surface area contributed by atoms with Gasteiger partial charge < -0.3 is 20.1 Å². The van der Waals surface area contributed by atoms with Crippen molar-refractivity contribution < 1.29 is 14.3 Å². The van der Waals surface area contributed by atoms with Gasteiger partial charge in [0.1, 0.15) is 11.5 Å². The summed E-state index contributed by atoms with van der Waals surface area (Å²) < 4.78 is 12.8. The monoisotopic (exact) mass is 559 g/mol. The first kappa shape index (κ1) is 26.8. The predicted octanol–water partition coefficient (Wildman–Crippen LogP) is 5.59. The summed E-state index contributed by atoms with van der Waals surface area (Å²) in [5.74, 6) is 1.38. The molecule has 2 aromatic heterocycles. The summed E-state index contributed by atoms with van der Waals surface area (Å²) >= 11 is 0. The summed E-state index contributed by atoms with van der Waals surface area (Å²) in [6.45, 7) is 0.324. The fourth-order valence-electron chi connectivity index (χ4n) is 4.90. The number of rotatable bonds is 9. The van der Waals surface area contributed by atoms with Crippen LogP contribution in [0.3, 0.4) is 0 Å². The fourth-order valence-corrected chi connectivity index (χ4v) is 4.90. The summed E-state index contributed by atoms with van der Waals surface area (Å²) in [4.78, 5) is 30.7. The Balaban J connectivity index is 1.28. The van der Waals surface area contributed by atoms with Crippen LogP contribution < -0.4 is 25.7 Å². The lowest BCUT2D eigenvalue weighted by Gasteiger charge is -2.15. The number of amides is 1. The van der Waals surface area contributed by atoms with Gasteiger partial charge in [-0.15, -0.1) is 0 Å². The van der Waals surface area contributed by atoms with E-state index >= 15 is 0 Å². The van der Waals surface area contributed by atoms with Gasteiger partial charge in [-0.25, -0.2) is 0 Å². The van der Waals surface area contributed by atoms with Crippen LogP contribution in [0.2, 0.25) is 0 Å². The molecule has 0 unspecified atom stereocenters. The number of methoxy groups -OCH3 is 1. The lowest BCUT2D eigenvalue weighted by molar-refractivity contribution is 0.0950. The van der Waals surface area contributed by atoms with Crippen LogP contribution in [0, 0.1) is 0 Å². The number of aryl methyl sites for hydroxylation is 2. The van der Waals surface area contributed by atoms with E-state index in [9.17, 15) is 9.59 Å². The molecule has 3 aromatic carbocycles. The molecule has 0 spiro atoms. The van der Waals surface area contributed by atoms with Gasteiger partial charge in [0, 0.05) is 17.4 Å². The molecule has 2 N–H and O–H groups in total. The minimum atomic E-state index is -0.393. The number of nitrogens with zero attached hydrogens (tertiary/aromatic N) is 3. The maximum atomic E-state index is 13.8. The first-order chi connectivity index (χ1) is 20.6. The Labute approximate surface area is 242 Å². The van der Waals surface area contributed by atoms with Crippen molar-refractivity contribution >= 4 is 17.3 Å². The fraction of sp³-hybridized carbons (Fsp3) is 0.152. The van der Waals surface area contributed by atoms with Crippen molar-refractivity contribution in [1.29, 1.82) is 0 Å².